The first-order chi connectivity index (χ1) is 10.3. The Morgan fingerprint density at radius 3 is 2.76 bits per heavy atom. The Morgan fingerprint density at radius 2 is 2.00 bits per heavy atom. The highest BCUT2D eigenvalue weighted by Crippen LogP contribution is 2.21. The fraction of sp³-hybridized carbons (Fsp3) is 0.125. The lowest BCUT2D eigenvalue weighted by Crippen LogP contribution is -2.12. The average Bonchev–Trinajstić information content (AvgIpc) is 2.98. The van der Waals surface area contributed by atoms with Gasteiger partial charge in [-0.1, -0.05) is 24.3 Å². The summed E-state index contributed by atoms with van der Waals surface area (Å²) in [4.78, 5) is 12.3. The summed E-state index contributed by atoms with van der Waals surface area (Å²) in [5.41, 5.74) is 8.81. The smallest absolute Gasteiger partial charge is 0.255 e. The number of hydrogen-bond donors (Lipinski definition) is 3. The van der Waals surface area contributed by atoms with E-state index >= 15 is 0 Å². The van der Waals surface area contributed by atoms with Crippen LogP contribution < -0.4 is 11.1 Å². The van der Waals surface area contributed by atoms with Gasteiger partial charge in [0.1, 0.15) is 0 Å². The number of nitrogens with zero attached hydrogens (tertiary/aromatic N) is 1. The van der Waals surface area contributed by atoms with Crippen LogP contribution in [-0.4, -0.2) is 22.6 Å². The van der Waals surface area contributed by atoms with E-state index in [0.29, 0.717) is 12.1 Å². The van der Waals surface area contributed by atoms with Gasteiger partial charge in [-0.25, -0.2) is 0 Å². The lowest BCUT2D eigenvalue weighted by atomic mass is 10.1. The second-order valence-electron chi connectivity index (χ2n) is 4.83. The largest absolute Gasteiger partial charge is 0.330 e. The summed E-state index contributed by atoms with van der Waals surface area (Å²) >= 11 is 0. The lowest BCUT2D eigenvalue weighted by molar-refractivity contribution is 0.102. The van der Waals surface area contributed by atoms with Gasteiger partial charge in [0.05, 0.1) is 17.4 Å². The molecule has 0 unspecified atom stereocenters. The lowest BCUT2D eigenvalue weighted by Gasteiger charge is -2.07. The highest BCUT2D eigenvalue weighted by Gasteiger charge is 2.09. The summed E-state index contributed by atoms with van der Waals surface area (Å²) in [7, 11) is 0. The number of carbonyl (C=O) groups is 1. The molecule has 0 fully saturated rings. The molecule has 0 bridgehead atoms. The third kappa shape index (κ3) is 2.78. The number of benzene rings is 2. The summed E-state index contributed by atoms with van der Waals surface area (Å²) < 4.78 is 0. The zero-order valence-corrected chi connectivity index (χ0v) is 11.5. The van der Waals surface area contributed by atoms with Crippen molar-refractivity contribution in [3.63, 3.8) is 0 Å². The minimum absolute atomic E-state index is 0.142. The summed E-state index contributed by atoms with van der Waals surface area (Å²) in [6.07, 6.45) is 2.54. The van der Waals surface area contributed by atoms with E-state index in [0.717, 1.165) is 28.6 Å². The minimum Gasteiger partial charge on any atom is -0.330 e. The van der Waals surface area contributed by atoms with Crippen LogP contribution in [0.1, 0.15) is 15.9 Å². The van der Waals surface area contributed by atoms with Crippen LogP contribution in [-0.2, 0) is 6.42 Å². The van der Waals surface area contributed by atoms with E-state index in [1.54, 1.807) is 6.20 Å². The molecule has 3 aromatic rings. The van der Waals surface area contributed by atoms with Gasteiger partial charge in [-0.3, -0.25) is 9.89 Å². The number of nitrogens with one attached hydrogen (secondary N) is 2. The summed E-state index contributed by atoms with van der Waals surface area (Å²) in [6, 6.07) is 13.2. The quantitative estimate of drug-likeness (QED) is 0.685. The predicted molar refractivity (Wildman–Crippen MR) is 83.2 cm³/mol. The van der Waals surface area contributed by atoms with Gasteiger partial charge in [-0.05, 0) is 36.7 Å². The number of nitrogens with two attached hydrogens (primary N) is 1. The number of H-pyrrole nitrogens is 1. The monoisotopic (exact) mass is 280 g/mol. The maximum Gasteiger partial charge on any atom is 0.255 e. The molecule has 0 aliphatic rings. The summed E-state index contributed by atoms with van der Waals surface area (Å²) in [5, 5.41) is 10.7. The molecule has 1 amide bonds. The van der Waals surface area contributed by atoms with Gasteiger partial charge in [0.15, 0.2) is 0 Å². The van der Waals surface area contributed by atoms with Crippen molar-refractivity contribution in [1.29, 1.82) is 0 Å². The average molecular weight is 280 g/mol. The highest BCUT2D eigenvalue weighted by atomic mass is 16.1. The molecule has 0 saturated carbocycles. The number of hydrogen-bond acceptors (Lipinski definition) is 3. The SMILES string of the molecule is NCCc1ccc(C(=O)Nc2cccc3cn[nH]c23)cc1. The fourth-order valence-corrected chi connectivity index (χ4v) is 2.26. The first-order valence-electron chi connectivity index (χ1n) is 6.80. The van der Waals surface area contributed by atoms with Crippen molar-refractivity contribution in [3.05, 3.63) is 59.8 Å². The van der Waals surface area contributed by atoms with Crippen molar-refractivity contribution in [2.75, 3.05) is 11.9 Å². The molecule has 3 rings (SSSR count). The van der Waals surface area contributed by atoms with E-state index in [2.05, 4.69) is 15.5 Å². The van der Waals surface area contributed by atoms with Crippen molar-refractivity contribution in [3.8, 4) is 0 Å². The molecule has 0 spiro atoms. The number of para-hydroxylation sites is 1. The zero-order valence-electron chi connectivity index (χ0n) is 11.5. The summed E-state index contributed by atoms with van der Waals surface area (Å²) in [6.45, 7) is 0.605. The van der Waals surface area contributed by atoms with E-state index < -0.39 is 0 Å². The molecule has 1 heterocycles. The molecule has 5 nitrogen and oxygen atoms in total. The van der Waals surface area contributed by atoms with Gasteiger partial charge in [-0.15, -0.1) is 0 Å². The fourth-order valence-electron chi connectivity index (χ4n) is 2.26. The number of amides is 1. The first kappa shape index (κ1) is 13.3. The second-order valence-corrected chi connectivity index (χ2v) is 4.83. The van der Waals surface area contributed by atoms with Crippen molar-refractivity contribution in [2.24, 2.45) is 5.73 Å². The summed E-state index contributed by atoms with van der Waals surface area (Å²) in [5.74, 6) is -0.142. The van der Waals surface area contributed by atoms with Gasteiger partial charge in [0.2, 0.25) is 0 Å². The molecule has 0 aliphatic carbocycles. The maximum atomic E-state index is 12.3. The van der Waals surface area contributed by atoms with E-state index in [4.69, 9.17) is 5.73 Å². The Balaban J connectivity index is 1.81. The van der Waals surface area contributed by atoms with E-state index in [9.17, 15) is 4.79 Å². The molecule has 21 heavy (non-hydrogen) atoms. The maximum absolute atomic E-state index is 12.3. The van der Waals surface area contributed by atoms with Crippen molar-refractivity contribution in [1.82, 2.24) is 10.2 Å². The molecule has 0 atom stereocenters. The van der Waals surface area contributed by atoms with Crippen LogP contribution in [0.2, 0.25) is 0 Å². The Labute approximate surface area is 122 Å². The molecule has 5 heteroatoms. The molecular weight excluding hydrogens is 264 g/mol. The third-order valence-electron chi connectivity index (χ3n) is 3.37. The van der Waals surface area contributed by atoms with E-state index in [1.165, 1.54) is 0 Å². The molecular formula is C16H16N4O. The standard InChI is InChI=1S/C16H16N4O/c17-9-8-11-4-6-12(7-5-11)16(21)19-14-3-1-2-13-10-18-20-15(13)14/h1-7,10H,8-9,17H2,(H,18,20)(H,19,21). The number of anilines is 1. The second kappa shape index (κ2) is 5.76. The molecule has 106 valence electrons. The van der Waals surface area contributed by atoms with Gasteiger partial charge in [0, 0.05) is 10.9 Å². The van der Waals surface area contributed by atoms with Gasteiger partial charge >= 0.3 is 0 Å². The van der Waals surface area contributed by atoms with Crippen molar-refractivity contribution >= 4 is 22.5 Å². The third-order valence-corrected chi connectivity index (χ3v) is 3.37. The van der Waals surface area contributed by atoms with E-state index in [1.807, 2.05) is 42.5 Å². The molecule has 2 aromatic carbocycles. The van der Waals surface area contributed by atoms with Crippen LogP contribution >= 0.6 is 0 Å². The van der Waals surface area contributed by atoms with Crippen LogP contribution in [0.4, 0.5) is 5.69 Å². The molecule has 1 aromatic heterocycles. The topological polar surface area (TPSA) is 83.8 Å². The Bertz CT molecular complexity index is 761. The number of fused-ring (bicyclic) bond motifs is 1. The van der Waals surface area contributed by atoms with Crippen LogP contribution in [0.3, 0.4) is 0 Å². The van der Waals surface area contributed by atoms with Crippen LogP contribution in [0.15, 0.2) is 48.7 Å². The number of rotatable bonds is 4. The highest BCUT2D eigenvalue weighted by molar-refractivity contribution is 6.08. The Hall–Kier alpha value is -2.66. The zero-order chi connectivity index (χ0) is 14.7. The predicted octanol–water partition coefficient (Wildman–Crippen LogP) is 2.32. The van der Waals surface area contributed by atoms with Gasteiger partial charge in [0.25, 0.3) is 5.91 Å². The number of aromatic nitrogens is 2. The minimum atomic E-state index is -0.142. The van der Waals surface area contributed by atoms with Crippen molar-refractivity contribution in [2.45, 2.75) is 6.42 Å². The van der Waals surface area contributed by atoms with Crippen molar-refractivity contribution < 1.29 is 4.79 Å². The number of aromatic amines is 1. The first-order valence-corrected chi connectivity index (χ1v) is 6.80. The van der Waals surface area contributed by atoms with Crippen LogP contribution in [0.5, 0.6) is 0 Å². The van der Waals surface area contributed by atoms with Gasteiger partial charge in [-0.2, -0.15) is 5.10 Å². The van der Waals surface area contributed by atoms with Crippen LogP contribution in [0.25, 0.3) is 10.9 Å². The van der Waals surface area contributed by atoms with E-state index in [-0.39, 0.29) is 5.91 Å². The Morgan fingerprint density at radius 1 is 1.19 bits per heavy atom. The molecule has 0 aliphatic heterocycles. The molecule has 4 N–H and O–H groups in total. The molecule has 0 radical (unpaired) electrons. The van der Waals surface area contributed by atoms with Crippen LogP contribution in [0, 0.1) is 0 Å². The normalized spacial score (nSPS) is 10.7. The molecule has 0 saturated heterocycles. The van der Waals surface area contributed by atoms with Gasteiger partial charge < -0.3 is 11.1 Å². The number of carbonyl (C=O) groups excluding carboxylic acids is 1. The Kier molecular flexibility index (Phi) is 3.66.